The van der Waals surface area contributed by atoms with Gasteiger partial charge < -0.3 is 9.47 Å². The Bertz CT molecular complexity index is 980. The third-order valence-electron chi connectivity index (χ3n) is 4.66. The van der Waals surface area contributed by atoms with Crippen LogP contribution in [0.15, 0.2) is 36.5 Å². The van der Waals surface area contributed by atoms with Crippen molar-refractivity contribution in [2.24, 2.45) is 5.92 Å². The quantitative estimate of drug-likeness (QED) is 0.601. The smallest absolute Gasteiger partial charge is 0.257 e. The minimum atomic E-state index is -0.454. The van der Waals surface area contributed by atoms with E-state index in [1.165, 1.54) is 0 Å². The SMILES string of the molecule is CCCn1c(CN(CC(C)C)C(=O)c2cccc(C)c2F)nc2cccnc21. The van der Waals surface area contributed by atoms with Gasteiger partial charge >= 0.3 is 0 Å². The monoisotopic (exact) mass is 382 g/mol. The maximum atomic E-state index is 14.6. The van der Waals surface area contributed by atoms with Crippen LogP contribution in [-0.2, 0) is 13.1 Å². The van der Waals surface area contributed by atoms with E-state index in [2.05, 4.69) is 16.5 Å². The van der Waals surface area contributed by atoms with Crippen LogP contribution in [0.2, 0.25) is 0 Å². The van der Waals surface area contributed by atoms with Gasteiger partial charge in [-0.3, -0.25) is 4.79 Å². The molecule has 6 heteroatoms. The molecule has 0 atom stereocenters. The van der Waals surface area contributed by atoms with Crippen molar-refractivity contribution < 1.29 is 9.18 Å². The number of hydrogen-bond donors (Lipinski definition) is 0. The Labute approximate surface area is 165 Å². The second-order valence-corrected chi connectivity index (χ2v) is 7.54. The van der Waals surface area contributed by atoms with Gasteiger partial charge in [-0.05, 0) is 43.0 Å². The van der Waals surface area contributed by atoms with Crippen LogP contribution in [-0.4, -0.2) is 31.9 Å². The van der Waals surface area contributed by atoms with Crippen LogP contribution >= 0.6 is 0 Å². The third-order valence-corrected chi connectivity index (χ3v) is 4.66. The van der Waals surface area contributed by atoms with Crippen LogP contribution in [0, 0.1) is 18.7 Å². The Morgan fingerprint density at radius 1 is 1.25 bits per heavy atom. The molecule has 1 aromatic carbocycles. The van der Waals surface area contributed by atoms with Crippen LogP contribution in [0.4, 0.5) is 4.39 Å². The van der Waals surface area contributed by atoms with Gasteiger partial charge in [-0.2, -0.15) is 0 Å². The van der Waals surface area contributed by atoms with Crippen molar-refractivity contribution in [3.05, 3.63) is 59.3 Å². The molecule has 1 amide bonds. The average Bonchev–Trinajstić information content (AvgIpc) is 3.00. The van der Waals surface area contributed by atoms with Crippen molar-refractivity contribution in [2.45, 2.75) is 47.2 Å². The summed E-state index contributed by atoms with van der Waals surface area (Å²) in [5, 5.41) is 0. The van der Waals surface area contributed by atoms with Crippen LogP contribution < -0.4 is 0 Å². The Balaban J connectivity index is 1.99. The van der Waals surface area contributed by atoms with E-state index < -0.39 is 5.82 Å². The number of nitrogens with zero attached hydrogens (tertiary/aromatic N) is 4. The highest BCUT2D eigenvalue weighted by Crippen LogP contribution is 2.20. The fraction of sp³-hybridized carbons (Fsp3) is 0.409. The second-order valence-electron chi connectivity index (χ2n) is 7.54. The lowest BCUT2D eigenvalue weighted by Crippen LogP contribution is -2.35. The number of hydrogen-bond acceptors (Lipinski definition) is 3. The van der Waals surface area contributed by atoms with E-state index in [0.29, 0.717) is 18.7 Å². The van der Waals surface area contributed by atoms with Gasteiger partial charge in [-0.15, -0.1) is 0 Å². The molecular weight excluding hydrogens is 355 g/mol. The van der Waals surface area contributed by atoms with Crippen LogP contribution in [0.1, 0.15) is 48.9 Å². The first kappa shape index (κ1) is 20.0. The predicted molar refractivity (Wildman–Crippen MR) is 109 cm³/mol. The summed E-state index contributed by atoms with van der Waals surface area (Å²) < 4.78 is 16.6. The maximum Gasteiger partial charge on any atom is 0.257 e. The first-order valence-corrected chi connectivity index (χ1v) is 9.76. The number of aromatic nitrogens is 3. The molecule has 0 radical (unpaired) electrons. The molecule has 148 valence electrons. The molecule has 28 heavy (non-hydrogen) atoms. The Hall–Kier alpha value is -2.76. The summed E-state index contributed by atoms with van der Waals surface area (Å²) in [4.78, 5) is 24.0. The molecule has 0 saturated carbocycles. The lowest BCUT2D eigenvalue weighted by atomic mass is 10.1. The molecule has 0 aliphatic carbocycles. The number of halogens is 1. The molecule has 0 N–H and O–H groups in total. The zero-order chi connectivity index (χ0) is 20.3. The van der Waals surface area contributed by atoms with E-state index >= 15 is 0 Å². The van der Waals surface area contributed by atoms with E-state index in [1.807, 2.05) is 26.0 Å². The standard InChI is InChI=1S/C22H27FN4O/c1-5-12-27-19(25-18-10-7-11-24-21(18)27)14-26(13-15(2)3)22(28)17-9-6-8-16(4)20(17)23/h6-11,15H,5,12-14H2,1-4H3. The number of carbonyl (C=O) groups excluding carboxylic acids is 1. The number of carbonyl (C=O) groups is 1. The molecular formula is C22H27FN4O. The summed E-state index contributed by atoms with van der Waals surface area (Å²) in [6.45, 7) is 9.47. The fourth-order valence-electron chi connectivity index (χ4n) is 3.40. The highest BCUT2D eigenvalue weighted by molar-refractivity contribution is 5.94. The molecule has 0 unspecified atom stereocenters. The van der Waals surface area contributed by atoms with Crippen LogP contribution in [0.5, 0.6) is 0 Å². The summed E-state index contributed by atoms with van der Waals surface area (Å²) in [6.07, 6.45) is 2.68. The normalized spacial score (nSPS) is 11.4. The van der Waals surface area contributed by atoms with E-state index in [4.69, 9.17) is 4.98 Å². The van der Waals surface area contributed by atoms with Gasteiger partial charge in [0.25, 0.3) is 5.91 Å². The lowest BCUT2D eigenvalue weighted by Gasteiger charge is -2.25. The zero-order valence-electron chi connectivity index (χ0n) is 16.9. The van der Waals surface area contributed by atoms with Gasteiger partial charge in [-0.25, -0.2) is 14.4 Å². The molecule has 5 nitrogen and oxygen atoms in total. The van der Waals surface area contributed by atoms with E-state index in [0.717, 1.165) is 30.0 Å². The van der Waals surface area contributed by atoms with Gasteiger partial charge in [0, 0.05) is 19.3 Å². The molecule has 3 aromatic rings. The Morgan fingerprint density at radius 3 is 2.75 bits per heavy atom. The average molecular weight is 382 g/mol. The minimum Gasteiger partial charge on any atom is -0.331 e. The summed E-state index contributed by atoms with van der Waals surface area (Å²) in [6, 6.07) is 8.72. The van der Waals surface area contributed by atoms with Crippen LogP contribution in [0.25, 0.3) is 11.2 Å². The van der Waals surface area contributed by atoms with Gasteiger partial charge in [0.15, 0.2) is 5.65 Å². The zero-order valence-corrected chi connectivity index (χ0v) is 16.9. The highest BCUT2D eigenvalue weighted by Gasteiger charge is 2.23. The van der Waals surface area contributed by atoms with Crippen molar-refractivity contribution in [2.75, 3.05) is 6.54 Å². The van der Waals surface area contributed by atoms with Crippen molar-refractivity contribution in [1.82, 2.24) is 19.4 Å². The fourth-order valence-corrected chi connectivity index (χ4v) is 3.40. The molecule has 2 heterocycles. The van der Waals surface area contributed by atoms with Gasteiger partial charge in [-0.1, -0.05) is 32.9 Å². The summed E-state index contributed by atoms with van der Waals surface area (Å²) in [5.74, 6) is 0.263. The molecule has 2 aromatic heterocycles. The molecule has 0 fully saturated rings. The van der Waals surface area contributed by atoms with Gasteiger partial charge in [0.1, 0.15) is 17.2 Å². The molecule has 0 spiro atoms. The Morgan fingerprint density at radius 2 is 2.04 bits per heavy atom. The lowest BCUT2D eigenvalue weighted by molar-refractivity contribution is 0.0711. The van der Waals surface area contributed by atoms with Crippen molar-refractivity contribution >= 4 is 17.1 Å². The topological polar surface area (TPSA) is 51.0 Å². The van der Waals surface area contributed by atoms with Crippen molar-refractivity contribution in [1.29, 1.82) is 0 Å². The first-order valence-electron chi connectivity index (χ1n) is 9.76. The third kappa shape index (κ3) is 4.06. The number of aryl methyl sites for hydroxylation is 2. The second kappa shape index (κ2) is 8.50. The first-order chi connectivity index (χ1) is 13.4. The summed E-state index contributed by atoms with van der Waals surface area (Å²) in [7, 11) is 0. The van der Waals surface area contributed by atoms with E-state index in [1.54, 1.807) is 36.2 Å². The number of rotatable bonds is 7. The number of benzene rings is 1. The molecule has 3 rings (SSSR count). The highest BCUT2D eigenvalue weighted by atomic mass is 19.1. The van der Waals surface area contributed by atoms with E-state index in [-0.39, 0.29) is 17.4 Å². The number of pyridine rings is 1. The van der Waals surface area contributed by atoms with Crippen molar-refractivity contribution in [3.63, 3.8) is 0 Å². The maximum absolute atomic E-state index is 14.6. The summed E-state index contributed by atoms with van der Waals surface area (Å²) in [5.41, 5.74) is 2.21. The largest absolute Gasteiger partial charge is 0.331 e. The number of imidazole rings is 1. The molecule has 0 aliphatic heterocycles. The predicted octanol–water partition coefficient (Wildman–Crippen LogP) is 4.59. The van der Waals surface area contributed by atoms with Crippen LogP contribution in [0.3, 0.4) is 0 Å². The Kier molecular flexibility index (Phi) is 6.07. The molecule has 0 bridgehead atoms. The number of fused-ring (bicyclic) bond motifs is 1. The molecule has 0 saturated heterocycles. The summed E-state index contributed by atoms with van der Waals surface area (Å²) >= 11 is 0. The number of amides is 1. The van der Waals surface area contributed by atoms with E-state index in [9.17, 15) is 9.18 Å². The van der Waals surface area contributed by atoms with Gasteiger partial charge in [0.05, 0.1) is 12.1 Å². The van der Waals surface area contributed by atoms with Crippen molar-refractivity contribution in [3.8, 4) is 0 Å². The molecule has 0 aliphatic rings. The minimum absolute atomic E-state index is 0.108. The van der Waals surface area contributed by atoms with Gasteiger partial charge in [0.2, 0.25) is 0 Å².